The van der Waals surface area contributed by atoms with Gasteiger partial charge in [0.2, 0.25) is 0 Å². The van der Waals surface area contributed by atoms with Gasteiger partial charge in [0.05, 0.1) is 12.2 Å². The lowest BCUT2D eigenvalue weighted by atomic mass is 9.97. The molecule has 1 aliphatic rings. The van der Waals surface area contributed by atoms with Gasteiger partial charge in [0.1, 0.15) is 58.4 Å². The molecule has 156 valence electrons. The zero-order chi connectivity index (χ0) is 22.0. The van der Waals surface area contributed by atoms with Crippen LogP contribution in [0.1, 0.15) is 11.1 Å². The Bertz CT molecular complexity index is 1020. The van der Waals surface area contributed by atoms with E-state index in [0.29, 0.717) is 5.56 Å². The van der Waals surface area contributed by atoms with Crippen LogP contribution in [0, 0.1) is 22.7 Å². The van der Waals surface area contributed by atoms with Gasteiger partial charge in [-0.15, -0.1) is 0 Å². The third-order valence-electron chi connectivity index (χ3n) is 4.62. The number of aliphatic hydroxyl groups is 4. The van der Waals surface area contributed by atoms with Gasteiger partial charge in [-0.1, -0.05) is 39.8 Å². The van der Waals surface area contributed by atoms with Crippen LogP contribution < -0.4 is 5.73 Å². The molecule has 0 unspecified atom stereocenters. The minimum Gasteiger partial charge on any atom is -0.394 e. The maximum atomic E-state index is 10.3. The SMILES string of the molecule is N#Cc1c(N)nc(S[C@@H]2O[C@H](CO)[C@@H](O)[C@H](O)[C@H]2O)c(C#N)c1-c1ccc(Br)cc1. The fourth-order valence-electron chi connectivity index (χ4n) is 3.06. The molecule has 2 aromatic rings. The number of nitriles is 2. The molecule has 0 saturated carbocycles. The van der Waals surface area contributed by atoms with Crippen LogP contribution in [0.2, 0.25) is 0 Å². The van der Waals surface area contributed by atoms with E-state index in [2.05, 4.69) is 20.9 Å². The number of halogens is 1. The molecule has 0 spiro atoms. The van der Waals surface area contributed by atoms with E-state index < -0.39 is 36.5 Å². The number of aromatic nitrogens is 1. The number of hydrogen-bond donors (Lipinski definition) is 5. The normalized spacial score (nSPS) is 26.0. The van der Waals surface area contributed by atoms with E-state index in [0.717, 1.165) is 16.2 Å². The topological polar surface area (TPSA) is 177 Å². The maximum Gasteiger partial charge on any atom is 0.143 e. The van der Waals surface area contributed by atoms with Crippen LogP contribution in [0.15, 0.2) is 33.8 Å². The first-order chi connectivity index (χ1) is 14.3. The van der Waals surface area contributed by atoms with Gasteiger partial charge in [0.15, 0.2) is 0 Å². The van der Waals surface area contributed by atoms with Crippen LogP contribution in [0.3, 0.4) is 0 Å². The third kappa shape index (κ3) is 4.15. The number of pyridine rings is 1. The Labute approximate surface area is 184 Å². The zero-order valence-electron chi connectivity index (χ0n) is 15.3. The van der Waals surface area contributed by atoms with Crippen molar-refractivity contribution in [1.29, 1.82) is 10.5 Å². The average Bonchev–Trinajstić information content (AvgIpc) is 2.74. The second kappa shape index (κ2) is 9.29. The van der Waals surface area contributed by atoms with E-state index in [1.165, 1.54) is 0 Å². The minimum atomic E-state index is -1.57. The van der Waals surface area contributed by atoms with Gasteiger partial charge in [-0.2, -0.15) is 10.5 Å². The van der Waals surface area contributed by atoms with Crippen LogP contribution in [0.4, 0.5) is 5.82 Å². The molecular formula is C19H17BrN4O5S. The number of hydrogen-bond acceptors (Lipinski definition) is 10. The second-order valence-corrected chi connectivity index (χ2v) is 8.48. The predicted molar refractivity (Wildman–Crippen MR) is 111 cm³/mol. The summed E-state index contributed by atoms with van der Waals surface area (Å²) in [5.41, 5.74) is 5.75. The van der Waals surface area contributed by atoms with Crippen LogP contribution in [-0.4, -0.2) is 61.9 Å². The molecule has 30 heavy (non-hydrogen) atoms. The van der Waals surface area contributed by atoms with Gasteiger partial charge < -0.3 is 30.9 Å². The highest BCUT2D eigenvalue weighted by molar-refractivity contribution is 9.10. The van der Waals surface area contributed by atoms with Gasteiger partial charge >= 0.3 is 0 Å². The van der Waals surface area contributed by atoms with Crippen LogP contribution >= 0.6 is 27.7 Å². The Morgan fingerprint density at radius 1 is 1.07 bits per heavy atom. The van der Waals surface area contributed by atoms with E-state index in [-0.39, 0.29) is 27.5 Å². The molecule has 3 rings (SSSR count). The Morgan fingerprint density at radius 2 is 1.70 bits per heavy atom. The van der Waals surface area contributed by atoms with E-state index >= 15 is 0 Å². The molecule has 9 nitrogen and oxygen atoms in total. The predicted octanol–water partition coefficient (Wildman–Crippen LogP) is 0.729. The molecule has 0 amide bonds. The van der Waals surface area contributed by atoms with E-state index in [1.807, 2.05) is 12.1 Å². The van der Waals surface area contributed by atoms with Crippen molar-refractivity contribution >= 4 is 33.5 Å². The van der Waals surface area contributed by atoms with Crippen molar-refractivity contribution in [3.05, 3.63) is 39.9 Å². The minimum absolute atomic E-state index is 0.0343. The van der Waals surface area contributed by atoms with Crippen molar-refractivity contribution < 1.29 is 25.2 Å². The number of nitrogens with two attached hydrogens (primary N) is 1. The maximum absolute atomic E-state index is 10.3. The molecule has 1 aromatic carbocycles. The van der Waals surface area contributed by atoms with E-state index in [4.69, 9.17) is 10.5 Å². The first-order valence-corrected chi connectivity index (χ1v) is 10.4. The summed E-state index contributed by atoms with van der Waals surface area (Å²) in [6, 6.07) is 10.9. The summed E-state index contributed by atoms with van der Waals surface area (Å²) in [5.74, 6) is -0.110. The van der Waals surface area contributed by atoms with E-state index in [1.54, 1.807) is 24.3 Å². The fraction of sp³-hybridized carbons (Fsp3) is 0.316. The summed E-state index contributed by atoms with van der Waals surface area (Å²) < 4.78 is 6.29. The molecule has 0 radical (unpaired) electrons. The average molecular weight is 493 g/mol. The Kier molecular flexibility index (Phi) is 6.95. The van der Waals surface area contributed by atoms with Crippen LogP contribution in [0.25, 0.3) is 11.1 Å². The molecule has 1 saturated heterocycles. The van der Waals surface area contributed by atoms with Gasteiger partial charge in [0, 0.05) is 10.0 Å². The Morgan fingerprint density at radius 3 is 2.27 bits per heavy atom. The lowest BCUT2D eigenvalue weighted by Crippen LogP contribution is -2.57. The number of anilines is 1. The molecule has 11 heteroatoms. The fourth-order valence-corrected chi connectivity index (χ4v) is 4.46. The summed E-state index contributed by atoms with van der Waals surface area (Å²) in [7, 11) is 0. The molecule has 1 aliphatic heterocycles. The van der Waals surface area contributed by atoms with Gasteiger partial charge in [-0.05, 0) is 17.7 Å². The molecule has 5 atom stereocenters. The highest BCUT2D eigenvalue weighted by Gasteiger charge is 2.44. The summed E-state index contributed by atoms with van der Waals surface area (Å²) >= 11 is 4.14. The van der Waals surface area contributed by atoms with Crippen molar-refractivity contribution in [3.8, 4) is 23.3 Å². The molecule has 6 N–H and O–H groups in total. The van der Waals surface area contributed by atoms with Gasteiger partial charge in [-0.25, -0.2) is 4.98 Å². The standard InChI is InChI=1S/C19H17BrN4O5S/c20-9-3-1-8(2-4-9)13-10(5-21)17(23)24-18(11(13)6-22)30-19-16(28)15(27)14(26)12(7-25)29-19/h1-4,12,14-16,19,25-28H,7H2,(H2,23,24)/t12-,14-,15+,16-,19+/m1/s1. The quantitative estimate of drug-likeness (QED) is 0.408. The summed E-state index contributed by atoms with van der Waals surface area (Å²) in [6.45, 7) is -0.583. The van der Waals surface area contributed by atoms with Crippen molar-refractivity contribution in [2.24, 2.45) is 0 Å². The number of aliphatic hydroxyl groups excluding tert-OH is 4. The summed E-state index contributed by atoms with van der Waals surface area (Å²) in [4.78, 5) is 4.13. The zero-order valence-corrected chi connectivity index (χ0v) is 17.7. The molecule has 1 fully saturated rings. The highest BCUT2D eigenvalue weighted by Crippen LogP contribution is 2.40. The number of rotatable bonds is 4. The summed E-state index contributed by atoms with van der Waals surface area (Å²) in [6.07, 6.45) is -5.70. The van der Waals surface area contributed by atoms with Gasteiger partial charge in [0.25, 0.3) is 0 Å². The largest absolute Gasteiger partial charge is 0.394 e. The first-order valence-electron chi connectivity index (χ1n) is 8.69. The summed E-state index contributed by atoms with van der Waals surface area (Å²) in [5, 5.41) is 59.1. The third-order valence-corrected chi connectivity index (χ3v) is 6.29. The Balaban J connectivity index is 2.09. The lowest BCUT2D eigenvalue weighted by Gasteiger charge is -2.39. The first kappa shape index (κ1) is 22.5. The molecule has 0 aliphatic carbocycles. The lowest BCUT2D eigenvalue weighted by molar-refractivity contribution is -0.205. The van der Waals surface area contributed by atoms with E-state index in [9.17, 15) is 30.9 Å². The Hall–Kier alpha value is -2.22. The number of nitrogens with zero attached hydrogens (tertiary/aromatic N) is 3. The van der Waals surface area contributed by atoms with Crippen LogP contribution in [-0.2, 0) is 4.74 Å². The highest BCUT2D eigenvalue weighted by atomic mass is 79.9. The second-order valence-electron chi connectivity index (χ2n) is 6.47. The van der Waals surface area contributed by atoms with Crippen molar-refractivity contribution in [2.75, 3.05) is 12.3 Å². The number of nitrogen functional groups attached to an aromatic ring is 1. The molecule has 1 aromatic heterocycles. The van der Waals surface area contributed by atoms with Gasteiger partial charge in [-0.3, -0.25) is 0 Å². The molecular weight excluding hydrogens is 476 g/mol. The van der Waals surface area contributed by atoms with Crippen molar-refractivity contribution in [1.82, 2.24) is 4.98 Å². The molecule has 2 heterocycles. The molecule has 0 bridgehead atoms. The number of ether oxygens (including phenoxy) is 1. The monoisotopic (exact) mass is 492 g/mol. The number of benzene rings is 1. The van der Waals surface area contributed by atoms with Crippen molar-refractivity contribution in [3.63, 3.8) is 0 Å². The van der Waals surface area contributed by atoms with Crippen molar-refractivity contribution in [2.45, 2.75) is 34.9 Å². The number of thioether (sulfide) groups is 1. The van der Waals surface area contributed by atoms with Crippen LogP contribution in [0.5, 0.6) is 0 Å². The smallest absolute Gasteiger partial charge is 0.143 e.